The van der Waals surface area contributed by atoms with Crippen LogP contribution in [0.25, 0.3) is 0 Å². The Balaban J connectivity index is 1.16. The molecule has 5 aliphatic rings. The lowest BCUT2D eigenvalue weighted by atomic mass is 9.63. The zero-order valence-electron chi connectivity index (χ0n) is 20.7. The second-order valence-corrected chi connectivity index (χ2v) is 13.6. The van der Waals surface area contributed by atoms with Crippen LogP contribution < -0.4 is 5.32 Å². The number of urea groups is 1. The van der Waals surface area contributed by atoms with E-state index in [9.17, 15) is 13.2 Å². The zero-order valence-corrected chi connectivity index (χ0v) is 21.5. The Labute approximate surface area is 203 Å². The van der Waals surface area contributed by atoms with Crippen LogP contribution in [0.2, 0.25) is 0 Å². The van der Waals surface area contributed by atoms with Crippen LogP contribution in [0.15, 0.2) is 24.3 Å². The van der Waals surface area contributed by atoms with Crippen molar-refractivity contribution in [3.63, 3.8) is 0 Å². The van der Waals surface area contributed by atoms with E-state index in [1.54, 1.807) is 19.0 Å². The molecule has 0 radical (unpaired) electrons. The van der Waals surface area contributed by atoms with E-state index in [4.69, 9.17) is 0 Å². The molecule has 2 spiro atoms. The lowest BCUT2D eigenvalue weighted by Gasteiger charge is -2.48. The van der Waals surface area contributed by atoms with Crippen molar-refractivity contribution in [1.29, 1.82) is 0 Å². The summed E-state index contributed by atoms with van der Waals surface area (Å²) in [5.41, 5.74) is 2.86. The number of nitrogens with zero attached hydrogens (tertiary/aromatic N) is 3. The Morgan fingerprint density at radius 2 is 1.82 bits per heavy atom. The van der Waals surface area contributed by atoms with Crippen LogP contribution in [-0.2, 0) is 15.4 Å². The van der Waals surface area contributed by atoms with Gasteiger partial charge >= 0.3 is 6.03 Å². The number of likely N-dealkylation sites (tertiary alicyclic amines) is 1. The maximum Gasteiger partial charge on any atom is 0.317 e. The largest absolute Gasteiger partial charge is 0.331 e. The van der Waals surface area contributed by atoms with Crippen molar-refractivity contribution >= 4 is 16.1 Å². The lowest BCUT2D eigenvalue weighted by molar-refractivity contribution is 0.0998. The number of amides is 2. The fourth-order valence-electron chi connectivity index (χ4n) is 8.39. The van der Waals surface area contributed by atoms with E-state index in [2.05, 4.69) is 34.5 Å². The van der Waals surface area contributed by atoms with E-state index in [1.165, 1.54) is 23.8 Å². The van der Waals surface area contributed by atoms with E-state index in [-0.39, 0.29) is 29.1 Å². The minimum absolute atomic E-state index is 0.0294. The van der Waals surface area contributed by atoms with Crippen LogP contribution in [0.3, 0.4) is 0 Å². The highest BCUT2D eigenvalue weighted by atomic mass is 32.2. The molecular weight excluding hydrogens is 448 g/mol. The minimum Gasteiger partial charge on any atom is -0.331 e. The number of carbonyl (C=O) groups is 1. The summed E-state index contributed by atoms with van der Waals surface area (Å²) in [5.74, 6) is 0.546. The summed E-state index contributed by atoms with van der Waals surface area (Å²) >= 11 is 0. The van der Waals surface area contributed by atoms with E-state index in [0.717, 1.165) is 58.0 Å². The maximum atomic E-state index is 12.4. The topological polar surface area (TPSA) is 72.7 Å². The number of sulfonamides is 1. The third-order valence-electron chi connectivity index (χ3n) is 9.97. The molecule has 1 aromatic carbocycles. The molecule has 2 heterocycles. The molecule has 2 aliphatic heterocycles. The van der Waals surface area contributed by atoms with Crippen LogP contribution in [0.1, 0.15) is 68.5 Å². The number of hydrogen-bond acceptors (Lipinski definition) is 4. The Morgan fingerprint density at radius 1 is 1.09 bits per heavy atom. The standard InChI is InChI=1S/C26H38N4O3S/c1-28(2)24(31)27-22-10-11-25(21-7-5-4-6-20(21)22)12-14-29(15-13-25)19-16-18-8-9-23-26(18,17-19)30(23)34(3,32)33/h4-7,18-19,22-23H,8-17H2,1-3H3,(H,27,31)/t18?,19?,22-,23?,26?,30?/m1/s1. The Morgan fingerprint density at radius 3 is 2.50 bits per heavy atom. The van der Waals surface area contributed by atoms with Crippen molar-refractivity contribution < 1.29 is 13.2 Å². The molecule has 5 unspecified atom stereocenters. The van der Waals surface area contributed by atoms with Gasteiger partial charge in [0.25, 0.3) is 0 Å². The molecule has 7 nitrogen and oxygen atoms in total. The molecule has 2 amide bonds. The molecule has 2 saturated heterocycles. The molecule has 34 heavy (non-hydrogen) atoms. The first-order valence-corrected chi connectivity index (χ1v) is 14.8. The average molecular weight is 487 g/mol. The monoisotopic (exact) mass is 486 g/mol. The molecule has 1 N–H and O–H groups in total. The summed E-state index contributed by atoms with van der Waals surface area (Å²) in [4.78, 5) is 16.6. The third kappa shape index (κ3) is 3.28. The van der Waals surface area contributed by atoms with Crippen LogP contribution >= 0.6 is 0 Å². The summed E-state index contributed by atoms with van der Waals surface area (Å²) in [6.07, 6.45) is 10.2. The van der Waals surface area contributed by atoms with Crippen molar-refractivity contribution in [3.8, 4) is 0 Å². The molecule has 4 fully saturated rings. The number of fused-ring (bicyclic) bond motifs is 2. The molecule has 1 aromatic rings. The predicted octanol–water partition coefficient (Wildman–Crippen LogP) is 3.08. The van der Waals surface area contributed by atoms with Crippen LogP contribution in [0.4, 0.5) is 4.79 Å². The Kier molecular flexibility index (Phi) is 5.15. The van der Waals surface area contributed by atoms with Gasteiger partial charge in [-0.25, -0.2) is 13.2 Å². The van der Waals surface area contributed by atoms with Crippen LogP contribution in [0.5, 0.6) is 0 Å². The first-order chi connectivity index (χ1) is 16.2. The van der Waals surface area contributed by atoms with Gasteiger partial charge in [-0.05, 0) is 86.9 Å². The number of hydrogen-bond donors (Lipinski definition) is 1. The van der Waals surface area contributed by atoms with Gasteiger partial charge in [0.1, 0.15) is 0 Å². The maximum absolute atomic E-state index is 12.4. The van der Waals surface area contributed by atoms with Gasteiger partial charge in [-0.1, -0.05) is 24.3 Å². The summed E-state index contributed by atoms with van der Waals surface area (Å²) in [5, 5.41) is 3.22. The van der Waals surface area contributed by atoms with Crippen molar-refractivity contribution in [2.75, 3.05) is 33.4 Å². The summed E-state index contributed by atoms with van der Waals surface area (Å²) in [6.45, 7) is 2.17. The SMILES string of the molecule is CN(C)C(=O)N[C@@H]1CCC2(CCN(C3CC4CCC5N(S(C)(=O)=O)C45C3)CC2)c2ccccc21. The highest BCUT2D eigenvalue weighted by molar-refractivity contribution is 7.88. The van der Waals surface area contributed by atoms with E-state index >= 15 is 0 Å². The first-order valence-electron chi connectivity index (χ1n) is 13.0. The van der Waals surface area contributed by atoms with E-state index < -0.39 is 10.0 Å². The van der Waals surface area contributed by atoms with Crippen molar-refractivity contribution in [2.24, 2.45) is 5.92 Å². The molecule has 8 heteroatoms. The van der Waals surface area contributed by atoms with Gasteiger partial charge in [-0.15, -0.1) is 0 Å². The number of rotatable bonds is 3. The zero-order chi connectivity index (χ0) is 23.9. The fourth-order valence-corrected chi connectivity index (χ4v) is 10.1. The number of nitrogens with one attached hydrogen (secondary N) is 1. The quantitative estimate of drug-likeness (QED) is 0.667. The van der Waals surface area contributed by atoms with Crippen molar-refractivity contribution in [3.05, 3.63) is 35.4 Å². The number of benzene rings is 1. The highest BCUT2D eigenvalue weighted by Gasteiger charge is 2.76. The number of piperidine rings is 2. The van der Waals surface area contributed by atoms with Gasteiger partial charge in [0.2, 0.25) is 10.0 Å². The molecular formula is C26H38N4O3S. The van der Waals surface area contributed by atoms with Gasteiger partial charge in [0.15, 0.2) is 0 Å². The minimum atomic E-state index is -3.10. The molecule has 3 aliphatic carbocycles. The molecule has 0 aromatic heterocycles. The summed E-state index contributed by atoms with van der Waals surface area (Å²) < 4.78 is 26.6. The van der Waals surface area contributed by atoms with Crippen molar-refractivity contribution in [1.82, 2.24) is 19.4 Å². The molecule has 2 saturated carbocycles. The fraction of sp³-hybridized carbons (Fsp3) is 0.731. The third-order valence-corrected chi connectivity index (χ3v) is 11.3. The molecule has 6 rings (SSSR count). The van der Waals surface area contributed by atoms with Crippen LogP contribution in [-0.4, -0.2) is 79.6 Å². The van der Waals surface area contributed by atoms with Crippen LogP contribution in [0, 0.1) is 5.92 Å². The number of carbonyl (C=O) groups excluding carboxylic acids is 1. The summed E-state index contributed by atoms with van der Waals surface area (Å²) in [6, 6.07) is 9.57. The first kappa shape index (κ1) is 22.8. The second kappa shape index (κ2) is 7.68. The average Bonchev–Trinajstić information content (AvgIpc) is 3.10. The lowest BCUT2D eigenvalue weighted by Crippen LogP contribution is -2.49. The van der Waals surface area contributed by atoms with Gasteiger partial charge < -0.3 is 15.1 Å². The van der Waals surface area contributed by atoms with Gasteiger partial charge in [-0.2, -0.15) is 4.31 Å². The van der Waals surface area contributed by atoms with Gasteiger partial charge in [0, 0.05) is 26.2 Å². The summed E-state index contributed by atoms with van der Waals surface area (Å²) in [7, 11) is 0.478. The molecule has 186 valence electrons. The highest BCUT2D eigenvalue weighted by Crippen LogP contribution is 2.66. The normalized spacial score (nSPS) is 38.1. The van der Waals surface area contributed by atoms with Gasteiger partial charge in [0.05, 0.1) is 17.8 Å². The van der Waals surface area contributed by atoms with Gasteiger partial charge in [-0.3, -0.25) is 0 Å². The Hall–Kier alpha value is -1.64. The Bertz CT molecular complexity index is 1100. The van der Waals surface area contributed by atoms with Crippen molar-refractivity contribution in [2.45, 2.75) is 80.4 Å². The predicted molar refractivity (Wildman–Crippen MR) is 132 cm³/mol. The molecule has 0 bridgehead atoms. The molecule has 6 atom stereocenters. The second-order valence-electron chi connectivity index (χ2n) is 11.8. The van der Waals surface area contributed by atoms with E-state index in [1.807, 2.05) is 4.31 Å². The van der Waals surface area contributed by atoms with E-state index in [0.29, 0.717) is 12.0 Å². The smallest absolute Gasteiger partial charge is 0.317 e.